The van der Waals surface area contributed by atoms with E-state index >= 15 is 0 Å². The molecule has 1 heterocycles. The lowest BCUT2D eigenvalue weighted by atomic mass is 9.98. The lowest BCUT2D eigenvalue weighted by Crippen LogP contribution is -2.24. The van der Waals surface area contributed by atoms with Gasteiger partial charge in [0.2, 0.25) is 5.13 Å². The number of nitrogens with zero attached hydrogens (tertiary/aromatic N) is 3. The van der Waals surface area contributed by atoms with Crippen molar-refractivity contribution >= 4 is 33.9 Å². The van der Waals surface area contributed by atoms with Crippen LogP contribution in [0.3, 0.4) is 0 Å². The smallest absolute Gasteiger partial charge is 0.203 e. The molecule has 3 N–H and O–H groups in total. The predicted molar refractivity (Wildman–Crippen MR) is 64.0 cm³/mol. The Bertz CT molecular complexity index is 433. The van der Waals surface area contributed by atoms with Crippen molar-refractivity contribution < 1.29 is 5.21 Å². The maximum Gasteiger partial charge on any atom is 0.203 e. The fraction of sp³-hybridized carbons (Fsp3) is 0.667. The minimum absolute atomic E-state index is 0.274. The van der Waals surface area contributed by atoms with Crippen molar-refractivity contribution in [3.05, 3.63) is 0 Å². The number of nitrogens with two attached hydrogens (primary N) is 1. The van der Waals surface area contributed by atoms with E-state index < -0.39 is 0 Å². The zero-order chi connectivity index (χ0) is 11.1. The molecule has 5 nitrogen and oxygen atoms in total. The van der Waals surface area contributed by atoms with Crippen molar-refractivity contribution in [3.63, 3.8) is 0 Å². The molecular weight excluding hydrogens is 244 g/mol. The first-order chi connectivity index (χ1) is 7.78. The summed E-state index contributed by atoms with van der Waals surface area (Å²) in [7, 11) is 0. The predicted octanol–water partition coefficient (Wildman–Crippen LogP) is 1.84. The number of fused-ring (bicyclic) bond motifs is 2. The highest BCUT2D eigenvalue weighted by atomic mass is 32.2. The Labute approximate surface area is 101 Å². The van der Waals surface area contributed by atoms with Gasteiger partial charge in [-0.15, -0.1) is 10.2 Å². The molecular formula is C9H12N4OS2. The van der Waals surface area contributed by atoms with Crippen LogP contribution >= 0.6 is 23.1 Å². The molecule has 2 bridgehead atoms. The van der Waals surface area contributed by atoms with Crippen molar-refractivity contribution in [2.24, 2.45) is 17.0 Å². The Kier molecular flexibility index (Phi) is 2.51. The molecule has 7 heteroatoms. The van der Waals surface area contributed by atoms with E-state index in [1.807, 2.05) is 0 Å². The monoisotopic (exact) mass is 256 g/mol. The Morgan fingerprint density at radius 2 is 2.31 bits per heavy atom. The summed E-state index contributed by atoms with van der Waals surface area (Å²) < 4.78 is 0.871. The molecule has 1 aromatic rings. The summed E-state index contributed by atoms with van der Waals surface area (Å²) in [5.41, 5.74) is 6.49. The second-order valence-electron chi connectivity index (χ2n) is 4.24. The Morgan fingerprint density at radius 1 is 1.44 bits per heavy atom. The van der Waals surface area contributed by atoms with Gasteiger partial charge in [0.15, 0.2) is 4.34 Å². The summed E-state index contributed by atoms with van der Waals surface area (Å²) >= 11 is 3.04. The molecule has 2 aliphatic rings. The number of nitrogen functional groups attached to an aromatic ring is 1. The van der Waals surface area contributed by atoms with Gasteiger partial charge in [-0.1, -0.05) is 28.3 Å². The van der Waals surface area contributed by atoms with E-state index in [1.165, 1.54) is 24.2 Å². The van der Waals surface area contributed by atoms with Crippen LogP contribution in [0.5, 0.6) is 0 Å². The molecule has 0 spiro atoms. The number of aromatic nitrogens is 2. The number of hydrogen-bond donors (Lipinski definition) is 2. The van der Waals surface area contributed by atoms with Crippen LogP contribution < -0.4 is 5.73 Å². The summed E-state index contributed by atoms with van der Waals surface area (Å²) in [6, 6.07) is 0. The molecule has 0 saturated heterocycles. The number of thioether (sulfide) groups is 1. The van der Waals surface area contributed by atoms with Gasteiger partial charge in [0, 0.05) is 5.92 Å². The molecule has 2 aliphatic carbocycles. The maximum absolute atomic E-state index is 9.06. The van der Waals surface area contributed by atoms with Gasteiger partial charge in [-0.2, -0.15) is 0 Å². The van der Waals surface area contributed by atoms with E-state index in [0.717, 1.165) is 16.5 Å². The van der Waals surface area contributed by atoms with Crippen molar-refractivity contribution in [1.82, 2.24) is 10.2 Å². The lowest BCUT2D eigenvalue weighted by molar-refractivity contribution is 0.314. The van der Waals surface area contributed by atoms with Crippen LogP contribution in [0, 0.1) is 11.8 Å². The molecule has 3 atom stereocenters. The number of anilines is 1. The summed E-state index contributed by atoms with van der Waals surface area (Å²) in [5, 5.41) is 21.1. The van der Waals surface area contributed by atoms with Crippen molar-refractivity contribution in [1.29, 1.82) is 0 Å². The van der Waals surface area contributed by atoms with E-state index in [9.17, 15) is 0 Å². The fourth-order valence-corrected chi connectivity index (χ4v) is 4.91. The maximum atomic E-state index is 9.06. The molecule has 86 valence electrons. The van der Waals surface area contributed by atoms with Gasteiger partial charge >= 0.3 is 0 Å². The molecule has 0 radical (unpaired) electrons. The van der Waals surface area contributed by atoms with E-state index in [0.29, 0.717) is 17.0 Å². The van der Waals surface area contributed by atoms with Crippen LogP contribution in [0.15, 0.2) is 9.50 Å². The first kappa shape index (κ1) is 10.3. The summed E-state index contributed by atoms with van der Waals surface area (Å²) in [4.78, 5) is 0. The van der Waals surface area contributed by atoms with Crippen LogP contribution in [0.1, 0.15) is 19.3 Å². The van der Waals surface area contributed by atoms with E-state index in [-0.39, 0.29) is 5.25 Å². The van der Waals surface area contributed by atoms with Gasteiger partial charge in [0.25, 0.3) is 0 Å². The van der Waals surface area contributed by atoms with Crippen molar-refractivity contribution in [2.75, 3.05) is 5.73 Å². The standard InChI is InChI=1S/C9H12N4OS2/c10-8-11-12-9(16-8)15-7-5-2-1-4(3-5)6(7)13-14/h4-5,7,14H,1-3H2,(H2,10,11). The molecule has 16 heavy (non-hydrogen) atoms. The van der Waals surface area contributed by atoms with Gasteiger partial charge in [-0.3, -0.25) is 0 Å². The van der Waals surface area contributed by atoms with Crippen LogP contribution in [-0.2, 0) is 0 Å². The van der Waals surface area contributed by atoms with Gasteiger partial charge < -0.3 is 10.9 Å². The average molecular weight is 256 g/mol. The third-order valence-corrected chi connectivity index (χ3v) is 5.63. The Balaban J connectivity index is 1.80. The van der Waals surface area contributed by atoms with Crippen molar-refractivity contribution in [3.8, 4) is 0 Å². The summed E-state index contributed by atoms with van der Waals surface area (Å²) in [6.07, 6.45) is 3.56. The fourth-order valence-electron chi connectivity index (χ4n) is 2.71. The molecule has 0 amide bonds. The van der Waals surface area contributed by atoms with Crippen LogP contribution in [0.25, 0.3) is 0 Å². The zero-order valence-corrected chi connectivity index (χ0v) is 10.2. The lowest BCUT2D eigenvalue weighted by Gasteiger charge is -2.20. The summed E-state index contributed by atoms with van der Waals surface area (Å²) in [5.74, 6) is 1.11. The highest BCUT2D eigenvalue weighted by molar-refractivity contribution is 8.02. The second kappa shape index (κ2) is 3.89. The highest BCUT2D eigenvalue weighted by Gasteiger charge is 2.46. The average Bonchev–Trinajstić information content (AvgIpc) is 2.94. The summed E-state index contributed by atoms with van der Waals surface area (Å²) in [6.45, 7) is 0. The first-order valence-electron chi connectivity index (χ1n) is 5.25. The zero-order valence-electron chi connectivity index (χ0n) is 8.54. The quantitative estimate of drug-likeness (QED) is 0.623. The molecule has 0 aliphatic heterocycles. The van der Waals surface area contributed by atoms with E-state index in [4.69, 9.17) is 10.9 Å². The first-order valence-corrected chi connectivity index (χ1v) is 6.95. The van der Waals surface area contributed by atoms with Crippen molar-refractivity contribution in [2.45, 2.75) is 28.9 Å². The van der Waals surface area contributed by atoms with Crippen LogP contribution in [0.2, 0.25) is 0 Å². The second-order valence-corrected chi connectivity index (χ2v) is 6.64. The SMILES string of the molecule is Nc1nnc(SC2C(=NO)C3CCC2C3)s1. The van der Waals surface area contributed by atoms with E-state index in [1.54, 1.807) is 11.8 Å². The third-order valence-electron chi connectivity index (χ3n) is 3.38. The molecule has 0 aromatic carbocycles. The number of rotatable bonds is 2. The number of oxime groups is 1. The van der Waals surface area contributed by atoms with Crippen LogP contribution in [0.4, 0.5) is 5.13 Å². The van der Waals surface area contributed by atoms with Gasteiger partial charge in [-0.25, -0.2) is 0 Å². The Hall–Kier alpha value is -0.820. The van der Waals surface area contributed by atoms with E-state index in [2.05, 4.69) is 15.4 Å². The topological polar surface area (TPSA) is 84.4 Å². The molecule has 3 unspecified atom stereocenters. The highest BCUT2D eigenvalue weighted by Crippen LogP contribution is 2.49. The largest absolute Gasteiger partial charge is 0.411 e. The minimum Gasteiger partial charge on any atom is -0.411 e. The Morgan fingerprint density at radius 3 is 3.00 bits per heavy atom. The van der Waals surface area contributed by atoms with Gasteiger partial charge in [0.05, 0.1) is 11.0 Å². The van der Waals surface area contributed by atoms with Crippen LogP contribution in [-0.4, -0.2) is 26.4 Å². The van der Waals surface area contributed by atoms with Gasteiger partial charge in [0.1, 0.15) is 0 Å². The molecule has 3 rings (SSSR count). The molecule has 2 saturated carbocycles. The third kappa shape index (κ3) is 1.58. The van der Waals surface area contributed by atoms with Gasteiger partial charge in [-0.05, 0) is 25.2 Å². The normalized spacial score (nSPS) is 35.0. The minimum atomic E-state index is 0.274. The molecule has 1 aromatic heterocycles. The number of hydrogen-bond acceptors (Lipinski definition) is 7. The molecule has 2 fully saturated rings.